The average Bonchev–Trinajstić information content (AvgIpc) is 3.11. The van der Waals surface area contributed by atoms with E-state index in [2.05, 4.69) is 64.3 Å². The van der Waals surface area contributed by atoms with E-state index in [-0.39, 0.29) is 0 Å². The molecular weight excluding hydrogens is 378 g/mol. The molecule has 1 aliphatic heterocycles. The third kappa shape index (κ3) is 4.33. The molecule has 1 aromatic carbocycles. The molecule has 1 saturated heterocycles. The molecule has 1 unspecified atom stereocenters. The van der Waals surface area contributed by atoms with Crippen molar-refractivity contribution in [3.63, 3.8) is 0 Å². The zero-order chi connectivity index (χ0) is 21.1. The van der Waals surface area contributed by atoms with Crippen LogP contribution in [0.5, 0.6) is 6.01 Å². The van der Waals surface area contributed by atoms with Crippen LogP contribution in [0.2, 0.25) is 0 Å². The smallest absolute Gasteiger partial charge is 0.336 e. The minimum atomic E-state index is 0.298. The van der Waals surface area contributed by atoms with Gasteiger partial charge >= 0.3 is 6.01 Å². The molecule has 0 radical (unpaired) electrons. The topological polar surface area (TPSA) is 93.6 Å². The van der Waals surface area contributed by atoms with Crippen molar-refractivity contribution in [2.45, 2.75) is 46.1 Å². The van der Waals surface area contributed by atoms with Gasteiger partial charge in [-0.3, -0.25) is 0 Å². The number of piperazine rings is 1. The summed E-state index contributed by atoms with van der Waals surface area (Å²) >= 11 is 0. The van der Waals surface area contributed by atoms with Crippen LogP contribution < -0.4 is 20.7 Å². The van der Waals surface area contributed by atoms with Crippen LogP contribution in [0, 0.1) is 6.92 Å². The maximum absolute atomic E-state index is 6.08. The summed E-state index contributed by atoms with van der Waals surface area (Å²) in [5.41, 5.74) is 11.4. The molecule has 0 amide bonds. The highest BCUT2D eigenvalue weighted by Gasteiger charge is 2.18. The van der Waals surface area contributed by atoms with E-state index >= 15 is 0 Å². The Labute approximate surface area is 177 Å². The van der Waals surface area contributed by atoms with E-state index < -0.39 is 0 Å². The van der Waals surface area contributed by atoms with Crippen LogP contribution in [0.1, 0.15) is 43.5 Å². The standard InChI is InChI=1S/C22H31N7O/c1-4-5-10-30-22-26-20(23)21-25-13-18(29(21)27-22)12-17-6-7-19(15(2)11-17)28-9-8-24-16(3)14-28/h6-7,11,13,16,24H,4-5,8-10,12,14H2,1-3H3,(H2,23,26,27). The predicted octanol–water partition coefficient (Wildman–Crippen LogP) is 2.58. The van der Waals surface area contributed by atoms with Crippen molar-refractivity contribution in [1.29, 1.82) is 0 Å². The third-order valence-corrected chi connectivity index (χ3v) is 5.52. The van der Waals surface area contributed by atoms with Gasteiger partial charge in [0.15, 0.2) is 11.5 Å². The largest absolute Gasteiger partial charge is 0.462 e. The van der Waals surface area contributed by atoms with E-state index in [1.54, 1.807) is 4.52 Å². The molecular formula is C22H31N7O. The van der Waals surface area contributed by atoms with E-state index in [9.17, 15) is 0 Å². The van der Waals surface area contributed by atoms with Gasteiger partial charge in [-0.15, -0.1) is 5.10 Å². The third-order valence-electron chi connectivity index (χ3n) is 5.52. The predicted molar refractivity (Wildman–Crippen MR) is 119 cm³/mol. The van der Waals surface area contributed by atoms with Crippen LogP contribution in [0.15, 0.2) is 24.4 Å². The second kappa shape index (κ2) is 8.87. The van der Waals surface area contributed by atoms with Crippen molar-refractivity contribution in [2.75, 3.05) is 36.9 Å². The highest BCUT2D eigenvalue weighted by atomic mass is 16.5. The number of hydrogen-bond acceptors (Lipinski definition) is 7. The zero-order valence-corrected chi connectivity index (χ0v) is 18.1. The lowest BCUT2D eigenvalue weighted by atomic mass is 10.0. The molecule has 3 aromatic rings. The van der Waals surface area contributed by atoms with E-state index in [1.807, 2.05) is 6.20 Å². The summed E-state index contributed by atoms with van der Waals surface area (Å²) in [6.07, 6.45) is 4.54. The first-order valence-corrected chi connectivity index (χ1v) is 10.8. The first-order valence-electron chi connectivity index (χ1n) is 10.8. The summed E-state index contributed by atoms with van der Waals surface area (Å²) in [5, 5.41) is 8.01. The molecule has 1 aliphatic rings. The quantitative estimate of drug-likeness (QED) is 0.579. The molecule has 0 saturated carbocycles. The molecule has 8 nitrogen and oxygen atoms in total. The number of nitrogens with one attached hydrogen (secondary N) is 1. The SMILES string of the molecule is CCCCOc1nc(N)c2ncc(Cc3ccc(N4CCNC(C)C4)c(C)c3)n2n1. The number of aromatic nitrogens is 4. The molecule has 160 valence electrons. The number of nitrogens with two attached hydrogens (primary N) is 1. The van der Waals surface area contributed by atoms with Gasteiger partial charge in [0.2, 0.25) is 0 Å². The van der Waals surface area contributed by atoms with Gasteiger partial charge in [-0.05, 0) is 37.5 Å². The molecule has 2 aromatic heterocycles. The summed E-state index contributed by atoms with van der Waals surface area (Å²) < 4.78 is 7.41. The Kier molecular flexibility index (Phi) is 6.03. The number of hydrogen-bond donors (Lipinski definition) is 2. The van der Waals surface area contributed by atoms with Crippen LogP contribution >= 0.6 is 0 Å². The molecule has 0 aliphatic carbocycles. The number of fused-ring (bicyclic) bond motifs is 1. The van der Waals surface area contributed by atoms with Crippen LogP contribution in [-0.2, 0) is 6.42 Å². The number of nitrogen functional groups attached to an aromatic ring is 1. The van der Waals surface area contributed by atoms with Gasteiger partial charge in [0, 0.05) is 37.8 Å². The summed E-state index contributed by atoms with van der Waals surface area (Å²) in [7, 11) is 0. The van der Waals surface area contributed by atoms with E-state index in [0.29, 0.717) is 36.5 Å². The number of unbranched alkanes of at least 4 members (excludes halogenated alkanes) is 1. The van der Waals surface area contributed by atoms with Crippen LogP contribution in [0.4, 0.5) is 11.5 Å². The van der Waals surface area contributed by atoms with Crippen LogP contribution in [0.3, 0.4) is 0 Å². The lowest BCUT2D eigenvalue weighted by Gasteiger charge is -2.34. The number of benzene rings is 1. The van der Waals surface area contributed by atoms with E-state index in [1.165, 1.54) is 16.8 Å². The van der Waals surface area contributed by atoms with Gasteiger partial charge in [0.1, 0.15) is 0 Å². The Bertz CT molecular complexity index is 1020. The normalized spacial score (nSPS) is 16.9. The van der Waals surface area contributed by atoms with Gasteiger partial charge < -0.3 is 20.7 Å². The monoisotopic (exact) mass is 409 g/mol. The number of imidazole rings is 1. The first-order chi connectivity index (χ1) is 14.5. The molecule has 30 heavy (non-hydrogen) atoms. The molecule has 1 fully saturated rings. The Morgan fingerprint density at radius 1 is 1.33 bits per heavy atom. The maximum atomic E-state index is 6.08. The van der Waals surface area contributed by atoms with E-state index in [4.69, 9.17) is 10.5 Å². The lowest BCUT2D eigenvalue weighted by molar-refractivity contribution is 0.280. The molecule has 0 bridgehead atoms. The Hall–Kier alpha value is -2.87. The summed E-state index contributed by atoms with van der Waals surface area (Å²) in [6, 6.07) is 7.48. The summed E-state index contributed by atoms with van der Waals surface area (Å²) in [5.74, 6) is 0.335. The molecule has 1 atom stereocenters. The molecule has 4 rings (SSSR count). The number of aryl methyl sites for hydroxylation is 1. The van der Waals surface area contributed by atoms with Gasteiger partial charge in [-0.25, -0.2) is 9.50 Å². The Morgan fingerprint density at radius 3 is 2.97 bits per heavy atom. The summed E-state index contributed by atoms with van der Waals surface area (Å²) in [4.78, 5) is 11.1. The van der Waals surface area contributed by atoms with Crippen molar-refractivity contribution in [3.8, 4) is 6.01 Å². The number of rotatable bonds is 7. The van der Waals surface area contributed by atoms with Crippen molar-refractivity contribution in [3.05, 3.63) is 41.2 Å². The fourth-order valence-corrected chi connectivity index (χ4v) is 3.96. The van der Waals surface area contributed by atoms with Gasteiger partial charge in [0.05, 0.1) is 18.5 Å². The van der Waals surface area contributed by atoms with Crippen molar-refractivity contribution >= 4 is 17.2 Å². The zero-order valence-electron chi connectivity index (χ0n) is 18.1. The average molecular weight is 410 g/mol. The second-order valence-corrected chi connectivity index (χ2v) is 8.07. The minimum Gasteiger partial charge on any atom is -0.462 e. The molecule has 8 heteroatoms. The fourth-order valence-electron chi connectivity index (χ4n) is 3.96. The number of ether oxygens (including phenoxy) is 1. The highest BCUT2D eigenvalue weighted by molar-refractivity contribution is 5.60. The summed E-state index contributed by atoms with van der Waals surface area (Å²) in [6.45, 7) is 10.2. The second-order valence-electron chi connectivity index (χ2n) is 8.07. The Balaban J connectivity index is 1.55. The maximum Gasteiger partial charge on any atom is 0.336 e. The van der Waals surface area contributed by atoms with Crippen LogP contribution in [-0.4, -0.2) is 51.9 Å². The molecule has 0 spiro atoms. The van der Waals surface area contributed by atoms with Gasteiger partial charge in [-0.1, -0.05) is 25.5 Å². The first kappa shape index (κ1) is 20.4. The fraction of sp³-hybridized carbons (Fsp3) is 0.500. The Morgan fingerprint density at radius 2 is 2.20 bits per heavy atom. The van der Waals surface area contributed by atoms with Crippen molar-refractivity contribution in [2.24, 2.45) is 0 Å². The van der Waals surface area contributed by atoms with Gasteiger partial charge in [-0.2, -0.15) is 4.98 Å². The minimum absolute atomic E-state index is 0.298. The number of anilines is 2. The molecule has 3 N–H and O–H groups in total. The van der Waals surface area contributed by atoms with Crippen molar-refractivity contribution in [1.82, 2.24) is 24.9 Å². The molecule has 3 heterocycles. The lowest BCUT2D eigenvalue weighted by Crippen LogP contribution is -2.49. The van der Waals surface area contributed by atoms with Gasteiger partial charge in [0.25, 0.3) is 0 Å². The van der Waals surface area contributed by atoms with E-state index in [0.717, 1.165) is 38.2 Å². The highest BCUT2D eigenvalue weighted by Crippen LogP contribution is 2.24. The van der Waals surface area contributed by atoms with Crippen molar-refractivity contribution < 1.29 is 4.74 Å². The number of nitrogens with zero attached hydrogens (tertiary/aromatic N) is 5. The van der Waals surface area contributed by atoms with Crippen LogP contribution in [0.25, 0.3) is 5.65 Å².